The van der Waals surface area contributed by atoms with Crippen LogP contribution < -0.4 is 14.8 Å². The SMILES string of the molecule is COc1ccc(OC)c(C(C)NCC2CCCCC2C)c1. The number of nitrogens with one attached hydrogen (secondary N) is 1. The van der Waals surface area contributed by atoms with Crippen molar-refractivity contribution < 1.29 is 9.47 Å². The van der Waals surface area contributed by atoms with E-state index in [2.05, 4.69) is 25.2 Å². The van der Waals surface area contributed by atoms with Gasteiger partial charge in [-0.15, -0.1) is 0 Å². The van der Waals surface area contributed by atoms with Crippen LogP contribution in [0.25, 0.3) is 0 Å². The lowest BCUT2D eigenvalue weighted by molar-refractivity contribution is 0.242. The second kappa shape index (κ2) is 7.69. The maximum absolute atomic E-state index is 5.48. The fraction of sp³-hybridized carbons (Fsp3) is 0.667. The first-order valence-electron chi connectivity index (χ1n) is 8.11. The van der Waals surface area contributed by atoms with Crippen LogP contribution in [-0.4, -0.2) is 20.8 Å². The summed E-state index contributed by atoms with van der Waals surface area (Å²) >= 11 is 0. The van der Waals surface area contributed by atoms with Gasteiger partial charge in [-0.05, 0) is 49.9 Å². The van der Waals surface area contributed by atoms with Crippen LogP contribution in [0, 0.1) is 11.8 Å². The van der Waals surface area contributed by atoms with Gasteiger partial charge in [0, 0.05) is 11.6 Å². The van der Waals surface area contributed by atoms with Crippen LogP contribution >= 0.6 is 0 Å². The van der Waals surface area contributed by atoms with Gasteiger partial charge in [-0.2, -0.15) is 0 Å². The summed E-state index contributed by atoms with van der Waals surface area (Å²) < 4.78 is 10.8. The van der Waals surface area contributed by atoms with E-state index in [-0.39, 0.29) is 6.04 Å². The Morgan fingerprint density at radius 2 is 1.95 bits per heavy atom. The average molecular weight is 291 g/mol. The molecule has 0 aromatic heterocycles. The molecule has 0 spiro atoms. The van der Waals surface area contributed by atoms with E-state index < -0.39 is 0 Å². The molecular formula is C18H29NO2. The predicted octanol–water partition coefficient (Wildman–Crippen LogP) is 4.18. The largest absolute Gasteiger partial charge is 0.497 e. The highest BCUT2D eigenvalue weighted by Gasteiger charge is 2.22. The van der Waals surface area contributed by atoms with Crippen LogP contribution in [0.15, 0.2) is 18.2 Å². The molecule has 2 rings (SSSR count). The standard InChI is InChI=1S/C18H29NO2/c1-13-7-5-6-8-15(13)12-19-14(2)17-11-16(20-3)9-10-18(17)21-4/h9-11,13-15,19H,5-8,12H2,1-4H3. The Kier molecular flexibility index (Phi) is 5.92. The third-order valence-electron chi connectivity index (χ3n) is 4.88. The third kappa shape index (κ3) is 4.13. The van der Waals surface area contributed by atoms with E-state index in [0.717, 1.165) is 29.9 Å². The van der Waals surface area contributed by atoms with Gasteiger partial charge in [-0.1, -0.05) is 26.2 Å². The van der Waals surface area contributed by atoms with Gasteiger partial charge < -0.3 is 14.8 Å². The molecule has 1 N–H and O–H groups in total. The fourth-order valence-electron chi connectivity index (χ4n) is 3.31. The smallest absolute Gasteiger partial charge is 0.123 e. The summed E-state index contributed by atoms with van der Waals surface area (Å²) in [5.74, 6) is 3.45. The second-order valence-electron chi connectivity index (χ2n) is 6.26. The van der Waals surface area contributed by atoms with Gasteiger partial charge in [0.05, 0.1) is 14.2 Å². The van der Waals surface area contributed by atoms with Crippen molar-refractivity contribution in [2.75, 3.05) is 20.8 Å². The molecule has 3 heteroatoms. The van der Waals surface area contributed by atoms with E-state index in [1.54, 1.807) is 14.2 Å². The highest BCUT2D eigenvalue weighted by atomic mass is 16.5. The van der Waals surface area contributed by atoms with Gasteiger partial charge in [0.2, 0.25) is 0 Å². The first-order valence-corrected chi connectivity index (χ1v) is 8.11. The third-order valence-corrected chi connectivity index (χ3v) is 4.88. The van der Waals surface area contributed by atoms with Gasteiger partial charge in [0.25, 0.3) is 0 Å². The summed E-state index contributed by atoms with van der Waals surface area (Å²) in [7, 11) is 3.43. The molecule has 3 nitrogen and oxygen atoms in total. The van der Waals surface area contributed by atoms with E-state index in [0.29, 0.717) is 0 Å². The summed E-state index contributed by atoms with van der Waals surface area (Å²) in [6.07, 6.45) is 5.52. The molecule has 0 saturated heterocycles. The minimum atomic E-state index is 0.268. The zero-order valence-electron chi connectivity index (χ0n) is 13.8. The molecule has 1 aliphatic rings. The van der Waals surface area contributed by atoms with Crippen molar-refractivity contribution in [1.82, 2.24) is 5.32 Å². The number of methoxy groups -OCH3 is 2. The minimum absolute atomic E-state index is 0.268. The maximum Gasteiger partial charge on any atom is 0.123 e. The summed E-state index contributed by atoms with van der Waals surface area (Å²) in [6.45, 7) is 5.68. The lowest BCUT2D eigenvalue weighted by Crippen LogP contribution is -2.31. The molecule has 0 bridgehead atoms. The minimum Gasteiger partial charge on any atom is -0.497 e. The number of rotatable bonds is 6. The molecule has 118 valence electrons. The van der Waals surface area contributed by atoms with Crippen molar-refractivity contribution in [1.29, 1.82) is 0 Å². The van der Waals surface area contributed by atoms with Crippen molar-refractivity contribution in [2.45, 2.75) is 45.6 Å². The Morgan fingerprint density at radius 1 is 1.19 bits per heavy atom. The van der Waals surface area contributed by atoms with Crippen LogP contribution in [0.1, 0.15) is 51.1 Å². The Hall–Kier alpha value is -1.22. The predicted molar refractivity (Wildman–Crippen MR) is 87.1 cm³/mol. The zero-order chi connectivity index (χ0) is 15.2. The van der Waals surface area contributed by atoms with Crippen LogP contribution in [0.2, 0.25) is 0 Å². The summed E-state index contributed by atoms with van der Waals surface area (Å²) in [5, 5.41) is 3.69. The fourth-order valence-corrected chi connectivity index (χ4v) is 3.31. The second-order valence-corrected chi connectivity index (χ2v) is 6.26. The number of hydrogen-bond donors (Lipinski definition) is 1. The molecule has 0 aliphatic heterocycles. The van der Waals surface area contributed by atoms with E-state index in [1.165, 1.54) is 31.2 Å². The molecular weight excluding hydrogens is 262 g/mol. The number of ether oxygens (including phenoxy) is 2. The highest BCUT2D eigenvalue weighted by molar-refractivity contribution is 5.42. The first-order chi connectivity index (χ1) is 10.2. The number of hydrogen-bond acceptors (Lipinski definition) is 3. The average Bonchev–Trinajstić information content (AvgIpc) is 2.53. The van der Waals surface area contributed by atoms with Crippen molar-refractivity contribution in [2.24, 2.45) is 11.8 Å². The summed E-state index contributed by atoms with van der Waals surface area (Å²) in [4.78, 5) is 0. The van der Waals surface area contributed by atoms with Gasteiger partial charge in [-0.25, -0.2) is 0 Å². The first kappa shape index (κ1) is 16.2. The Morgan fingerprint density at radius 3 is 2.62 bits per heavy atom. The molecule has 3 atom stereocenters. The van der Waals surface area contributed by atoms with E-state index >= 15 is 0 Å². The van der Waals surface area contributed by atoms with Gasteiger partial charge in [0.15, 0.2) is 0 Å². The molecule has 1 aromatic rings. The van der Waals surface area contributed by atoms with Crippen molar-refractivity contribution in [3.05, 3.63) is 23.8 Å². The quantitative estimate of drug-likeness (QED) is 0.853. The normalized spacial score (nSPS) is 23.6. The monoisotopic (exact) mass is 291 g/mol. The van der Waals surface area contributed by atoms with Crippen LogP contribution in [0.4, 0.5) is 0 Å². The van der Waals surface area contributed by atoms with E-state index in [1.807, 2.05) is 12.1 Å². The highest BCUT2D eigenvalue weighted by Crippen LogP contribution is 2.32. The molecule has 0 radical (unpaired) electrons. The Labute approximate surface area is 129 Å². The summed E-state index contributed by atoms with van der Waals surface area (Å²) in [5.41, 5.74) is 1.17. The maximum atomic E-state index is 5.48. The summed E-state index contributed by atoms with van der Waals surface area (Å²) in [6, 6.07) is 6.26. The lowest BCUT2D eigenvalue weighted by Gasteiger charge is -2.30. The Bertz CT molecular complexity index is 447. The zero-order valence-corrected chi connectivity index (χ0v) is 13.8. The molecule has 1 saturated carbocycles. The molecule has 0 amide bonds. The molecule has 1 aliphatic carbocycles. The topological polar surface area (TPSA) is 30.5 Å². The lowest BCUT2D eigenvalue weighted by atomic mass is 9.80. The molecule has 1 fully saturated rings. The van der Waals surface area contributed by atoms with Crippen LogP contribution in [0.3, 0.4) is 0 Å². The van der Waals surface area contributed by atoms with E-state index in [9.17, 15) is 0 Å². The molecule has 1 aromatic carbocycles. The van der Waals surface area contributed by atoms with Crippen molar-refractivity contribution >= 4 is 0 Å². The van der Waals surface area contributed by atoms with Gasteiger partial charge in [-0.3, -0.25) is 0 Å². The van der Waals surface area contributed by atoms with Crippen molar-refractivity contribution in [3.8, 4) is 11.5 Å². The van der Waals surface area contributed by atoms with Crippen LogP contribution in [-0.2, 0) is 0 Å². The molecule has 21 heavy (non-hydrogen) atoms. The van der Waals surface area contributed by atoms with Crippen molar-refractivity contribution in [3.63, 3.8) is 0 Å². The molecule has 0 heterocycles. The van der Waals surface area contributed by atoms with Crippen LogP contribution in [0.5, 0.6) is 11.5 Å². The van der Waals surface area contributed by atoms with Gasteiger partial charge in [0.1, 0.15) is 11.5 Å². The molecule has 3 unspecified atom stereocenters. The van der Waals surface area contributed by atoms with Gasteiger partial charge >= 0.3 is 0 Å². The van der Waals surface area contributed by atoms with E-state index in [4.69, 9.17) is 9.47 Å². The Balaban J connectivity index is 2.00. The number of benzene rings is 1.